The summed E-state index contributed by atoms with van der Waals surface area (Å²) in [5, 5.41) is 7.07. The number of anilines is 2. The summed E-state index contributed by atoms with van der Waals surface area (Å²) < 4.78 is 5.68. The number of nitrogens with zero attached hydrogens (tertiary/aromatic N) is 1. The molecule has 0 unspecified atom stereocenters. The van der Waals surface area contributed by atoms with Crippen LogP contribution < -0.4 is 10.7 Å². The van der Waals surface area contributed by atoms with Crippen LogP contribution in [0.5, 0.6) is 0 Å². The van der Waals surface area contributed by atoms with Crippen molar-refractivity contribution in [3.05, 3.63) is 24.3 Å². The maximum atomic E-state index is 5.68. The Balaban J connectivity index is 1.64. The molecule has 1 aromatic heterocycles. The van der Waals surface area contributed by atoms with Crippen LogP contribution in [0.1, 0.15) is 12.8 Å². The van der Waals surface area contributed by atoms with Gasteiger partial charge >= 0.3 is 0 Å². The second-order valence-corrected chi connectivity index (χ2v) is 5.59. The summed E-state index contributed by atoms with van der Waals surface area (Å²) in [4.78, 5) is 3.34. The molecule has 2 aliphatic heterocycles. The van der Waals surface area contributed by atoms with Crippen molar-refractivity contribution in [1.82, 2.24) is 9.99 Å². The third-order valence-corrected chi connectivity index (χ3v) is 4.16. The van der Waals surface area contributed by atoms with Gasteiger partial charge in [0.05, 0.1) is 12.6 Å². The Bertz CT molecular complexity index is 662. The van der Waals surface area contributed by atoms with Crippen LogP contribution in [0.3, 0.4) is 0 Å². The average Bonchev–Trinajstić information content (AvgIpc) is 3.07. The number of rotatable bonds is 2. The largest absolute Gasteiger partial charge is 0.376 e. The summed E-state index contributed by atoms with van der Waals surface area (Å²) in [6, 6.07) is 8.21. The van der Waals surface area contributed by atoms with Gasteiger partial charge in [0.1, 0.15) is 11.5 Å². The summed E-state index contributed by atoms with van der Waals surface area (Å²) in [7, 11) is 0. The SMILES string of the molecule is S=C1Nc2[nH]c3ccccc3c2NN1C[C@H]1CCCO1. The number of fused-ring (bicyclic) bond motifs is 3. The Morgan fingerprint density at radius 3 is 3.10 bits per heavy atom. The van der Waals surface area contributed by atoms with Crippen LogP contribution in [0.4, 0.5) is 11.5 Å². The van der Waals surface area contributed by atoms with Gasteiger partial charge in [-0.3, -0.25) is 10.4 Å². The van der Waals surface area contributed by atoms with Gasteiger partial charge in [-0.15, -0.1) is 0 Å². The van der Waals surface area contributed by atoms with Crippen molar-refractivity contribution >= 4 is 39.7 Å². The number of para-hydroxylation sites is 1. The Morgan fingerprint density at radius 2 is 2.25 bits per heavy atom. The molecule has 104 valence electrons. The number of H-pyrrole nitrogens is 1. The van der Waals surface area contributed by atoms with Crippen LogP contribution in [0.15, 0.2) is 24.3 Å². The van der Waals surface area contributed by atoms with E-state index in [0.29, 0.717) is 5.11 Å². The van der Waals surface area contributed by atoms with E-state index in [-0.39, 0.29) is 6.10 Å². The van der Waals surface area contributed by atoms with E-state index in [1.807, 2.05) is 17.1 Å². The molecule has 3 heterocycles. The minimum Gasteiger partial charge on any atom is -0.376 e. The predicted molar refractivity (Wildman–Crippen MR) is 83.8 cm³/mol. The van der Waals surface area contributed by atoms with Crippen molar-refractivity contribution in [2.24, 2.45) is 0 Å². The molecule has 0 radical (unpaired) electrons. The Morgan fingerprint density at radius 1 is 1.35 bits per heavy atom. The molecule has 1 saturated heterocycles. The highest BCUT2D eigenvalue weighted by atomic mass is 32.1. The summed E-state index contributed by atoms with van der Waals surface area (Å²) in [5.41, 5.74) is 5.56. The number of hydrogen-bond donors (Lipinski definition) is 3. The van der Waals surface area contributed by atoms with Crippen molar-refractivity contribution < 1.29 is 4.74 Å². The highest BCUT2D eigenvalue weighted by Crippen LogP contribution is 2.34. The number of aromatic amines is 1. The molecule has 6 heteroatoms. The van der Waals surface area contributed by atoms with Crippen molar-refractivity contribution in [2.75, 3.05) is 23.9 Å². The van der Waals surface area contributed by atoms with Crippen molar-refractivity contribution in [1.29, 1.82) is 0 Å². The van der Waals surface area contributed by atoms with E-state index >= 15 is 0 Å². The lowest BCUT2D eigenvalue weighted by Gasteiger charge is -2.33. The van der Waals surface area contributed by atoms with Gasteiger partial charge in [-0.05, 0) is 31.1 Å². The maximum Gasteiger partial charge on any atom is 0.193 e. The first kappa shape index (κ1) is 12.0. The average molecular weight is 288 g/mol. The van der Waals surface area contributed by atoms with E-state index in [1.165, 1.54) is 0 Å². The fourth-order valence-corrected chi connectivity index (χ4v) is 3.05. The van der Waals surface area contributed by atoms with Crippen molar-refractivity contribution in [2.45, 2.75) is 18.9 Å². The molecule has 2 aliphatic rings. The molecule has 5 nitrogen and oxygen atoms in total. The normalized spacial score (nSPS) is 21.7. The van der Waals surface area contributed by atoms with Crippen molar-refractivity contribution in [3.63, 3.8) is 0 Å². The highest BCUT2D eigenvalue weighted by molar-refractivity contribution is 7.80. The zero-order valence-electron chi connectivity index (χ0n) is 11.0. The number of thiocarbonyl (C=S) groups is 1. The topological polar surface area (TPSA) is 52.3 Å². The summed E-state index contributed by atoms with van der Waals surface area (Å²) in [5.74, 6) is 0.930. The Labute approximate surface area is 122 Å². The van der Waals surface area contributed by atoms with E-state index in [0.717, 1.165) is 48.4 Å². The third-order valence-electron chi connectivity index (χ3n) is 3.84. The van der Waals surface area contributed by atoms with Crippen molar-refractivity contribution in [3.8, 4) is 0 Å². The Kier molecular flexibility index (Phi) is 2.78. The third kappa shape index (κ3) is 1.92. The summed E-state index contributed by atoms with van der Waals surface area (Å²) in [6.45, 7) is 1.63. The molecule has 20 heavy (non-hydrogen) atoms. The molecule has 0 bridgehead atoms. The molecule has 0 saturated carbocycles. The molecule has 4 rings (SSSR count). The van der Waals surface area contributed by atoms with E-state index < -0.39 is 0 Å². The lowest BCUT2D eigenvalue weighted by atomic mass is 10.2. The number of ether oxygens (including phenoxy) is 1. The van der Waals surface area contributed by atoms with E-state index in [2.05, 4.69) is 27.9 Å². The predicted octanol–water partition coefficient (Wildman–Crippen LogP) is 2.69. The monoisotopic (exact) mass is 288 g/mol. The van der Waals surface area contributed by atoms with Crippen LogP contribution in [-0.2, 0) is 4.74 Å². The molecule has 1 fully saturated rings. The minimum absolute atomic E-state index is 0.258. The van der Waals surface area contributed by atoms with Gasteiger partial charge in [0.15, 0.2) is 5.11 Å². The first-order chi connectivity index (χ1) is 9.81. The molecule has 1 aromatic carbocycles. The van der Waals surface area contributed by atoms with Gasteiger partial charge in [-0.2, -0.15) is 0 Å². The molecule has 0 amide bonds. The summed E-state index contributed by atoms with van der Waals surface area (Å²) in [6.07, 6.45) is 2.49. The van der Waals surface area contributed by atoms with Crippen LogP contribution >= 0.6 is 12.2 Å². The number of hydrazine groups is 1. The van der Waals surface area contributed by atoms with Gasteiger partial charge in [0, 0.05) is 17.5 Å². The van der Waals surface area contributed by atoms with Gasteiger partial charge in [-0.25, -0.2) is 0 Å². The number of aromatic nitrogens is 1. The van der Waals surface area contributed by atoms with E-state index in [1.54, 1.807) is 0 Å². The molecule has 0 aliphatic carbocycles. The number of hydrogen-bond acceptors (Lipinski definition) is 3. The number of benzene rings is 1. The summed E-state index contributed by atoms with van der Waals surface area (Å²) >= 11 is 5.42. The first-order valence-electron chi connectivity index (χ1n) is 6.89. The molecule has 2 aromatic rings. The van der Waals surface area contributed by atoms with Crippen LogP contribution in [0.25, 0.3) is 10.9 Å². The van der Waals surface area contributed by atoms with Gasteiger partial charge in [-0.1, -0.05) is 18.2 Å². The van der Waals surface area contributed by atoms with Crippen LogP contribution in [-0.4, -0.2) is 34.4 Å². The maximum absolute atomic E-state index is 5.68. The number of nitrogens with one attached hydrogen (secondary N) is 3. The molecule has 0 spiro atoms. The fourth-order valence-electron chi connectivity index (χ4n) is 2.83. The lowest BCUT2D eigenvalue weighted by molar-refractivity contribution is 0.0959. The first-order valence-corrected chi connectivity index (χ1v) is 7.29. The highest BCUT2D eigenvalue weighted by Gasteiger charge is 2.26. The zero-order valence-corrected chi connectivity index (χ0v) is 11.8. The smallest absolute Gasteiger partial charge is 0.193 e. The molecular weight excluding hydrogens is 272 g/mol. The minimum atomic E-state index is 0.258. The second-order valence-electron chi connectivity index (χ2n) is 5.21. The van der Waals surface area contributed by atoms with Gasteiger partial charge < -0.3 is 15.0 Å². The van der Waals surface area contributed by atoms with E-state index in [9.17, 15) is 0 Å². The standard InChI is InChI=1S/C14H16N4OS/c20-14-16-13-12(10-5-1-2-6-11(10)15-13)17-18(14)8-9-4-3-7-19-9/h1-2,5-6,9,15,17H,3-4,7-8H2,(H,16,20)/t9-/m1/s1. The second kappa shape index (κ2) is 4.64. The van der Waals surface area contributed by atoms with Gasteiger partial charge in [0.2, 0.25) is 0 Å². The fraction of sp³-hybridized carbons (Fsp3) is 0.357. The molecule has 1 atom stereocenters. The lowest BCUT2D eigenvalue weighted by Crippen LogP contribution is -2.46. The zero-order chi connectivity index (χ0) is 13.5. The Hall–Kier alpha value is -1.79. The van der Waals surface area contributed by atoms with E-state index in [4.69, 9.17) is 17.0 Å². The quantitative estimate of drug-likeness (QED) is 0.742. The molecule has 3 N–H and O–H groups in total. The van der Waals surface area contributed by atoms with Crippen LogP contribution in [0, 0.1) is 0 Å². The van der Waals surface area contributed by atoms with Crippen LogP contribution in [0.2, 0.25) is 0 Å². The molecular formula is C14H16N4OS. The van der Waals surface area contributed by atoms with Gasteiger partial charge in [0.25, 0.3) is 0 Å².